The number of amides is 2. The normalized spacial score (nSPS) is 10.7. The number of carbonyl (C=O) groups is 2. The first-order chi connectivity index (χ1) is 13.0. The van der Waals surface area contributed by atoms with Crippen LogP contribution < -0.4 is 10.6 Å². The number of nitrogens with one attached hydrogen (secondary N) is 2. The Kier molecular flexibility index (Phi) is 5.78. The van der Waals surface area contributed by atoms with Gasteiger partial charge in [0.2, 0.25) is 11.8 Å². The van der Waals surface area contributed by atoms with Crippen LogP contribution in [0.3, 0.4) is 0 Å². The molecule has 0 unspecified atom stereocenters. The van der Waals surface area contributed by atoms with Crippen LogP contribution in [0.2, 0.25) is 0 Å². The first-order valence-electron chi connectivity index (χ1n) is 8.39. The summed E-state index contributed by atoms with van der Waals surface area (Å²) >= 11 is 1.39. The van der Waals surface area contributed by atoms with Crippen LogP contribution in [0, 0.1) is 6.92 Å². The molecule has 1 heterocycles. The Hall–Kier alpha value is -3.25. The zero-order valence-electron chi connectivity index (χ0n) is 15.0. The zero-order chi connectivity index (χ0) is 19.2. The standard InChI is InChI=1S/C21H19N3O2S/c1-14-5-3-4-6-18(14)19-13-27-21(23-19)24-20(26)12-9-16-7-10-17(11-8-16)22-15(2)25/h3-13H,1-2H3,(H,22,25)(H,23,24,26)/b12-9+. The van der Waals surface area contributed by atoms with Crippen LogP contribution in [0.15, 0.2) is 60.0 Å². The van der Waals surface area contributed by atoms with Gasteiger partial charge in [-0.15, -0.1) is 11.3 Å². The van der Waals surface area contributed by atoms with E-state index in [9.17, 15) is 9.59 Å². The van der Waals surface area contributed by atoms with E-state index in [0.717, 1.165) is 28.1 Å². The summed E-state index contributed by atoms with van der Waals surface area (Å²) in [4.78, 5) is 27.6. The van der Waals surface area contributed by atoms with Crippen LogP contribution in [-0.2, 0) is 9.59 Å². The van der Waals surface area contributed by atoms with E-state index >= 15 is 0 Å². The Bertz CT molecular complexity index is 991. The number of benzene rings is 2. The highest BCUT2D eigenvalue weighted by molar-refractivity contribution is 7.14. The number of aromatic nitrogens is 1. The Morgan fingerprint density at radius 2 is 1.78 bits per heavy atom. The van der Waals surface area contributed by atoms with E-state index in [1.807, 2.05) is 48.7 Å². The molecule has 3 rings (SSSR count). The number of anilines is 2. The van der Waals surface area contributed by atoms with Gasteiger partial charge in [-0.3, -0.25) is 14.9 Å². The zero-order valence-corrected chi connectivity index (χ0v) is 15.8. The van der Waals surface area contributed by atoms with Gasteiger partial charge in [-0.05, 0) is 36.3 Å². The highest BCUT2D eigenvalue weighted by atomic mass is 32.1. The molecule has 0 aliphatic rings. The summed E-state index contributed by atoms with van der Waals surface area (Å²) in [7, 11) is 0. The van der Waals surface area contributed by atoms with Gasteiger partial charge in [-0.1, -0.05) is 36.4 Å². The number of rotatable bonds is 5. The summed E-state index contributed by atoms with van der Waals surface area (Å²) in [6, 6.07) is 15.2. The maximum Gasteiger partial charge on any atom is 0.250 e. The topological polar surface area (TPSA) is 71.1 Å². The van der Waals surface area contributed by atoms with E-state index in [2.05, 4.69) is 15.6 Å². The summed E-state index contributed by atoms with van der Waals surface area (Å²) in [5.41, 5.74) is 4.63. The van der Waals surface area contributed by atoms with Gasteiger partial charge in [0, 0.05) is 29.6 Å². The van der Waals surface area contributed by atoms with Crippen molar-refractivity contribution in [2.24, 2.45) is 0 Å². The van der Waals surface area contributed by atoms with E-state index in [4.69, 9.17) is 0 Å². The van der Waals surface area contributed by atoms with Crippen molar-refractivity contribution >= 4 is 40.0 Å². The summed E-state index contributed by atoms with van der Waals surface area (Å²) in [6.45, 7) is 3.49. The maximum atomic E-state index is 12.1. The van der Waals surface area contributed by atoms with Crippen LogP contribution in [0.4, 0.5) is 10.8 Å². The summed E-state index contributed by atoms with van der Waals surface area (Å²) in [5.74, 6) is -0.363. The predicted octanol–water partition coefficient (Wildman–Crippen LogP) is 4.73. The lowest BCUT2D eigenvalue weighted by atomic mass is 10.1. The molecule has 2 N–H and O–H groups in total. The predicted molar refractivity (Wildman–Crippen MR) is 111 cm³/mol. The first kappa shape index (κ1) is 18.5. The van der Waals surface area contributed by atoms with Crippen molar-refractivity contribution in [2.75, 3.05) is 10.6 Å². The molecule has 0 bridgehead atoms. The molecule has 27 heavy (non-hydrogen) atoms. The minimum atomic E-state index is -0.244. The van der Waals surface area contributed by atoms with Crippen LogP contribution in [0.5, 0.6) is 0 Å². The van der Waals surface area contributed by atoms with E-state index in [1.165, 1.54) is 24.3 Å². The molecule has 2 amide bonds. The number of aryl methyl sites for hydroxylation is 1. The molecule has 0 aliphatic carbocycles. The largest absolute Gasteiger partial charge is 0.326 e. The molecular weight excluding hydrogens is 358 g/mol. The smallest absolute Gasteiger partial charge is 0.250 e. The molecule has 0 spiro atoms. The van der Waals surface area contributed by atoms with Gasteiger partial charge < -0.3 is 5.32 Å². The second-order valence-corrected chi connectivity index (χ2v) is 6.84. The Balaban J connectivity index is 1.62. The molecule has 2 aromatic carbocycles. The summed E-state index contributed by atoms with van der Waals surface area (Å²) in [5, 5.41) is 7.98. The van der Waals surface area contributed by atoms with Crippen LogP contribution in [0.1, 0.15) is 18.1 Å². The van der Waals surface area contributed by atoms with E-state index in [-0.39, 0.29) is 11.8 Å². The molecule has 0 saturated carbocycles. The minimum absolute atomic E-state index is 0.119. The fraction of sp³-hybridized carbons (Fsp3) is 0.0952. The quantitative estimate of drug-likeness (QED) is 0.632. The van der Waals surface area contributed by atoms with E-state index < -0.39 is 0 Å². The van der Waals surface area contributed by atoms with Gasteiger partial charge in [-0.2, -0.15) is 0 Å². The SMILES string of the molecule is CC(=O)Nc1ccc(/C=C/C(=O)Nc2nc(-c3ccccc3C)cs2)cc1. The van der Waals surface area contributed by atoms with Gasteiger partial charge >= 0.3 is 0 Å². The molecule has 1 aromatic heterocycles. The Morgan fingerprint density at radius 1 is 1.04 bits per heavy atom. The lowest BCUT2D eigenvalue weighted by Gasteiger charge is -2.02. The molecule has 3 aromatic rings. The highest BCUT2D eigenvalue weighted by Crippen LogP contribution is 2.27. The molecule has 0 saturated heterocycles. The van der Waals surface area contributed by atoms with Crippen molar-refractivity contribution < 1.29 is 9.59 Å². The third kappa shape index (κ3) is 5.12. The minimum Gasteiger partial charge on any atom is -0.326 e. The molecule has 0 radical (unpaired) electrons. The fourth-order valence-electron chi connectivity index (χ4n) is 2.51. The first-order valence-corrected chi connectivity index (χ1v) is 9.27. The number of thiazole rings is 1. The van der Waals surface area contributed by atoms with Crippen molar-refractivity contribution in [3.05, 3.63) is 71.1 Å². The number of nitrogens with zero attached hydrogens (tertiary/aromatic N) is 1. The van der Waals surface area contributed by atoms with Crippen molar-refractivity contribution in [2.45, 2.75) is 13.8 Å². The second-order valence-electron chi connectivity index (χ2n) is 5.98. The molecule has 0 atom stereocenters. The number of hydrogen-bond acceptors (Lipinski definition) is 4. The Morgan fingerprint density at radius 3 is 2.48 bits per heavy atom. The van der Waals surface area contributed by atoms with Gasteiger partial charge in [0.05, 0.1) is 5.69 Å². The maximum absolute atomic E-state index is 12.1. The molecular formula is C21H19N3O2S. The van der Waals surface area contributed by atoms with Crippen LogP contribution in [-0.4, -0.2) is 16.8 Å². The average molecular weight is 377 g/mol. The van der Waals surface area contributed by atoms with Crippen molar-refractivity contribution in [1.29, 1.82) is 0 Å². The second kappa shape index (κ2) is 8.42. The third-order valence-electron chi connectivity index (χ3n) is 3.81. The monoisotopic (exact) mass is 377 g/mol. The lowest BCUT2D eigenvalue weighted by Crippen LogP contribution is -2.07. The molecule has 0 aliphatic heterocycles. The van der Waals surface area contributed by atoms with E-state index in [1.54, 1.807) is 18.2 Å². The van der Waals surface area contributed by atoms with Gasteiger partial charge in [0.25, 0.3) is 0 Å². The van der Waals surface area contributed by atoms with Gasteiger partial charge in [0.15, 0.2) is 5.13 Å². The van der Waals surface area contributed by atoms with Gasteiger partial charge in [-0.25, -0.2) is 4.98 Å². The Labute approximate surface area is 161 Å². The van der Waals surface area contributed by atoms with Gasteiger partial charge in [0.1, 0.15) is 0 Å². The van der Waals surface area contributed by atoms with Crippen LogP contribution in [0.25, 0.3) is 17.3 Å². The van der Waals surface area contributed by atoms with Crippen molar-refractivity contribution in [1.82, 2.24) is 4.98 Å². The van der Waals surface area contributed by atoms with Crippen molar-refractivity contribution in [3.8, 4) is 11.3 Å². The number of hydrogen-bond donors (Lipinski definition) is 2. The fourth-order valence-corrected chi connectivity index (χ4v) is 3.23. The molecule has 0 fully saturated rings. The third-order valence-corrected chi connectivity index (χ3v) is 4.57. The number of carbonyl (C=O) groups excluding carboxylic acids is 2. The van der Waals surface area contributed by atoms with E-state index in [0.29, 0.717) is 5.13 Å². The lowest BCUT2D eigenvalue weighted by molar-refractivity contribution is -0.114. The highest BCUT2D eigenvalue weighted by Gasteiger charge is 2.08. The molecule has 5 nitrogen and oxygen atoms in total. The average Bonchev–Trinajstić information content (AvgIpc) is 3.09. The summed E-state index contributed by atoms with van der Waals surface area (Å²) < 4.78 is 0. The molecule has 6 heteroatoms. The summed E-state index contributed by atoms with van der Waals surface area (Å²) in [6.07, 6.45) is 3.17. The van der Waals surface area contributed by atoms with Crippen molar-refractivity contribution in [3.63, 3.8) is 0 Å². The van der Waals surface area contributed by atoms with Crippen LogP contribution >= 0.6 is 11.3 Å². The molecule has 136 valence electrons.